The molecule has 0 fully saturated rings. The highest BCUT2D eigenvalue weighted by Gasteiger charge is 2.42. The van der Waals surface area contributed by atoms with Crippen LogP contribution >= 0.6 is 0 Å². The number of aliphatic hydroxyl groups is 1. The summed E-state index contributed by atoms with van der Waals surface area (Å²) in [5, 5.41) is 24.3. The highest BCUT2D eigenvalue weighted by molar-refractivity contribution is 5.98. The van der Waals surface area contributed by atoms with Gasteiger partial charge in [-0.2, -0.15) is 15.4 Å². The summed E-state index contributed by atoms with van der Waals surface area (Å²) in [7, 11) is 0. The zero-order valence-electron chi connectivity index (χ0n) is 15.5. The Kier molecular flexibility index (Phi) is 5.66. The molecular weight excluding hydrogens is 378 g/mol. The third-order valence-electron chi connectivity index (χ3n) is 4.78. The largest absolute Gasteiger partial charge is 0.383 e. The van der Waals surface area contributed by atoms with Crippen molar-refractivity contribution in [2.24, 2.45) is 10.7 Å². The summed E-state index contributed by atoms with van der Waals surface area (Å²) >= 11 is 0. The first-order valence-corrected chi connectivity index (χ1v) is 8.75. The van der Waals surface area contributed by atoms with Gasteiger partial charge in [-0.1, -0.05) is 37.3 Å². The monoisotopic (exact) mass is 396 g/mol. The summed E-state index contributed by atoms with van der Waals surface area (Å²) in [4.78, 5) is 7.42. The van der Waals surface area contributed by atoms with E-state index in [2.05, 4.69) is 15.1 Å². The van der Waals surface area contributed by atoms with Crippen LogP contribution in [0.15, 0.2) is 60.1 Å². The van der Waals surface area contributed by atoms with Gasteiger partial charge < -0.3 is 10.8 Å². The molecule has 0 bridgehead atoms. The number of benzene rings is 2. The van der Waals surface area contributed by atoms with E-state index in [9.17, 15) is 13.9 Å². The lowest BCUT2D eigenvalue weighted by Gasteiger charge is -2.36. The molecule has 0 saturated heterocycles. The Morgan fingerprint density at radius 2 is 2.03 bits per heavy atom. The Balaban J connectivity index is 2.15. The number of amidine groups is 1. The van der Waals surface area contributed by atoms with E-state index in [4.69, 9.17) is 11.0 Å². The van der Waals surface area contributed by atoms with Crippen molar-refractivity contribution >= 4 is 5.84 Å². The molecule has 2 atom stereocenters. The number of aromatic nitrogens is 3. The Bertz CT molecular complexity index is 1060. The van der Waals surface area contributed by atoms with Crippen LogP contribution in [-0.2, 0) is 5.60 Å². The number of hydrogen-bond acceptors (Lipinski definition) is 5. The van der Waals surface area contributed by atoms with Crippen LogP contribution in [0.4, 0.5) is 8.78 Å². The van der Waals surface area contributed by atoms with Gasteiger partial charge in [0, 0.05) is 17.2 Å². The van der Waals surface area contributed by atoms with E-state index < -0.39 is 23.3 Å². The average Bonchev–Trinajstić information content (AvgIpc) is 3.22. The maximum atomic E-state index is 14.6. The fraction of sp³-hybridized carbons (Fsp3) is 0.200. The van der Waals surface area contributed by atoms with Gasteiger partial charge >= 0.3 is 0 Å². The van der Waals surface area contributed by atoms with E-state index >= 15 is 0 Å². The summed E-state index contributed by atoms with van der Waals surface area (Å²) in [6.07, 6.45) is 4.44. The van der Waals surface area contributed by atoms with Crippen LogP contribution in [0.3, 0.4) is 0 Å². The first-order valence-electron chi connectivity index (χ1n) is 8.75. The average molecular weight is 396 g/mol. The lowest BCUT2D eigenvalue weighted by atomic mass is 9.80. The molecule has 1 heterocycles. The normalized spacial score (nSPS) is 14.8. The predicted octanol–water partition coefficient (Wildman–Crippen LogP) is 2.63. The summed E-state index contributed by atoms with van der Waals surface area (Å²) in [6.45, 7) is 1.69. The van der Waals surface area contributed by atoms with Gasteiger partial charge in [0.25, 0.3) is 0 Å². The van der Waals surface area contributed by atoms with Gasteiger partial charge in [0.05, 0.1) is 0 Å². The molecular formula is C20H18F2N6O. The van der Waals surface area contributed by atoms with Gasteiger partial charge in [0.15, 0.2) is 0 Å². The van der Waals surface area contributed by atoms with E-state index in [0.29, 0.717) is 11.1 Å². The first-order chi connectivity index (χ1) is 13.9. The van der Waals surface area contributed by atoms with Crippen molar-refractivity contribution in [3.05, 3.63) is 83.4 Å². The highest BCUT2D eigenvalue weighted by Crippen LogP contribution is 2.41. The molecule has 0 amide bonds. The zero-order chi connectivity index (χ0) is 21.0. The molecule has 2 unspecified atom stereocenters. The van der Waals surface area contributed by atoms with Crippen molar-refractivity contribution in [3.63, 3.8) is 0 Å². The smallest absolute Gasteiger partial charge is 0.207 e. The van der Waals surface area contributed by atoms with Gasteiger partial charge in [-0.15, -0.1) is 0 Å². The quantitative estimate of drug-likeness (QED) is 0.378. The number of halogens is 2. The minimum Gasteiger partial charge on any atom is -0.383 e. The number of rotatable bonds is 6. The fourth-order valence-corrected chi connectivity index (χ4v) is 3.32. The summed E-state index contributed by atoms with van der Waals surface area (Å²) in [6, 6.07) is 8.80. The van der Waals surface area contributed by atoms with Crippen molar-refractivity contribution in [2.45, 2.75) is 25.0 Å². The van der Waals surface area contributed by atoms with Crippen LogP contribution in [0, 0.1) is 23.1 Å². The topological polar surface area (TPSA) is 113 Å². The third kappa shape index (κ3) is 3.83. The molecule has 2 aromatic carbocycles. The molecule has 0 aliphatic heterocycles. The molecule has 148 valence electrons. The van der Waals surface area contributed by atoms with E-state index in [0.717, 1.165) is 12.1 Å². The lowest BCUT2D eigenvalue weighted by molar-refractivity contribution is -0.0142. The SMILES string of the molecule is CCC(O)(c1ccc(F)cc1F)C(c1ccc(C(N)=NC#N)cc1)n1cncn1. The number of nitrogens with two attached hydrogens (primary N) is 1. The molecule has 0 spiro atoms. The molecule has 9 heteroatoms. The minimum atomic E-state index is -1.75. The Morgan fingerprint density at radius 1 is 1.31 bits per heavy atom. The van der Waals surface area contributed by atoms with Crippen LogP contribution in [0.1, 0.15) is 36.1 Å². The van der Waals surface area contributed by atoms with Crippen LogP contribution in [-0.4, -0.2) is 25.7 Å². The van der Waals surface area contributed by atoms with E-state index in [1.54, 1.807) is 37.4 Å². The second kappa shape index (κ2) is 8.16. The minimum absolute atomic E-state index is 0.0479. The molecule has 0 radical (unpaired) electrons. The Hall–Kier alpha value is -3.64. The van der Waals surface area contributed by atoms with Gasteiger partial charge in [0.1, 0.15) is 41.8 Å². The zero-order valence-corrected chi connectivity index (χ0v) is 15.5. The van der Waals surface area contributed by atoms with E-state index in [1.165, 1.54) is 23.4 Å². The standard InChI is InChI=1S/C20H18F2N6O/c1-2-20(29,16-8-7-15(21)9-17(16)22)18(28-12-25-11-27-28)13-3-5-14(6-4-13)19(24)26-10-23/h3-9,11-12,18,29H,2H2,1H3,(H2,24,26). The summed E-state index contributed by atoms with van der Waals surface area (Å²) in [5.74, 6) is -1.55. The van der Waals surface area contributed by atoms with Crippen LogP contribution < -0.4 is 5.73 Å². The summed E-state index contributed by atoms with van der Waals surface area (Å²) in [5.41, 5.74) is 5.01. The molecule has 3 N–H and O–H groups in total. The maximum Gasteiger partial charge on any atom is 0.207 e. The second-order valence-electron chi connectivity index (χ2n) is 6.40. The molecule has 0 aliphatic rings. The Labute approximate surface area is 165 Å². The van der Waals surface area contributed by atoms with Crippen molar-refractivity contribution in [1.29, 1.82) is 5.26 Å². The van der Waals surface area contributed by atoms with E-state index in [1.807, 2.05) is 0 Å². The number of aliphatic imine (C=N–C) groups is 1. The summed E-state index contributed by atoms with van der Waals surface area (Å²) < 4.78 is 29.4. The maximum absolute atomic E-state index is 14.6. The molecule has 3 rings (SSSR count). The van der Waals surface area contributed by atoms with Crippen LogP contribution in [0.5, 0.6) is 0 Å². The van der Waals surface area contributed by atoms with Crippen LogP contribution in [0.25, 0.3) is 0 Å². The number of nitriles is 1. The number of nitrogens with zero attached hydrogens (tertiary/aromatic N) is 5. The van der Waals surface area contributed by atoms with Gasteiger partial charge in [-0.3, -0.25) is 0 Å². The second-order valence-corrected chi connectivity index (χ2v) is 6.40. The number of hydrogen-bond donors (Lipinski definition) is 2. The van der Waals surface area contributed by atoms with Crippen molar-refractivity contribution in [3.8, 4) is 6.19 Å². The van der Waals surface area contributed by atoms with Crippen LogP contribution in [0.2, 0.25) is 0 Å². The molecule has 3 aromatic rings. The Morgan fingerprint density at radius 3 is 2.59 bits per heavy atom. The predicted molar refractivity (Wildman–Crippen MR) is 101 cm³/mol. The molecule has 0 aliphatic carbocycles. The van der Waals surface area contributed by atoms with Gasteiger partial charge in [-0.05, 0) is 18.1 Å². The third-order valence-corrected chi connectivity index (χ3v) is 4.78. The van der Waals surface area contributed by atoms with Gasteiger partial charge in [0.2, 0.25) is 6.19 Å². The van der Waals surface area contributed by atoms with E-state index in [-0.39, 0.29) is 17.8 Å². The molecule has 0 saturated carbocycles. The molecule has 7 nitrogen and oxygen atoms in total. The first kappa shape index (κ1) is 20.1. The van der Waals surface area contributed by atoms with Gasteiger partial charge in [-0.25, -0.2) is 18.4 Å². The van der Waals surface area contributed by atoms with Crippen molar-refractivity contribution < 1.29 is 13.9 Å². The van der Waals surface area contributed by atoms with Crippen molar-refractivity contribution in [1.82, 2.24) is 14.8 Å². The van der Waals surface area contributed by atoms with Crippen molar-refractivity contribution in [2.75, 3.05) is 0 Å². The molecule has 29 heavy (non-hydrogen) atoms. The molecule has 1 aromatic heterocycles. The highest BCUT2D eigenvalue weighted by atomic mass is 19.1. The fourth-order valence-electron chi connectivity index (χ4n) is 3.32. The lowest BCUT2D eigenvalue weighted by Crippen LogP contribution is -2.38.